The number of nitrogens with one attached hydrogen (secondary N) is 1. The number of aliphatic hydroxyl groups excluding tert-OH is 2. The quantitative estimate of drug-likeness (QED) is 0.736. The van der Waals surface area contributed by atoms with Gasteiger partial charge >= 0.3 is 0 Å². The number of carbonyl (C=O) groups is 1. The molecular weight excluding hydrogens is 230 g/mol. The van der Waals surface area contributed by atoms with Crippen molar-refractivity contribution in [3.8, 4) is 0 Å². The van der Waals surface area contributed by atoms with Gasteiger partial charge < -0.3 is 15.5 Å². The third-order valence-corrected chi connectivity index (χ3v) is 3.11. The summed E-state index contributed by atoms with van der Waals surface area (Å²) in [4.78, 5) is 10.8. The highest BCUT2D eigenvalue weighted by Gasteiger charge is 2.22. The summed E-state index contributed by atoms with van der Waals surface area (Å²) in [5.41, 5.74) is 2.86. The van der Waals surface area contributed by atoms with Crippen LogP contribution in [-0.4, -0.2) is 28.8 Å². The second-order valence-electron chi connectivity index (χ2n) is 4.47. The molecule has 1 aliphatic rings. The van der Waals surface area contributed by atoms with Crippen LogP contribution in [0.3, 0.4) is 0 Å². The molecule has 2 rings (SSSR count). The number of aliphatic hydroxyl groups is 2. The van der Waals surface area contributed by atoms with E-state index in [9.17, 15) is 15.0 Å². The number of amides is 1. The number of carbonyl (C=O) groups excluding carboxylic acids is 1. The van der Waals surface area contributed by atoms with E-state index < -0.39 is 12.2 Å². The van der Waals surface area contributed by atoms with Crippen LogP contribution in [0, 0.1) is 0 Å². The summed E-state index contributed by atoms with van der Waals surface area (Å²) in [5.74, 6) is -0.221. The highest BCUT2D eigenvalue weighted by Crippen LogP contribution is 2.28. The van der Waals surface area contributed by atoms with Gasteiger partial charge in [-0.1, -0.05) is 30.4 Å². The van der Waals surface area contributed by atoms with E-state index in [-0.39, 0.29) is 12.5 Å². The van der Waals surface area contributed by atoms with E-state index in [2.05, 4.69) is 5.32 Å². The van der Waals surface area contributed by atoms with Crippen molar-refractivity contribution < 1.29 is 15.0 Å². The second kappa shape index (κ2) is 5.33. The van der Waals surface area contributed by atoms with Crippen LogP contribution in [0.4, 0.5) is 0 Å². The predicted molar refractivity (Wildman–Crippen MR) is 68.8 cm³/mol. The zero-order valence-corrected chi connectivity index (χ0v) is 10.3. The van der Waals surface area contributed by atoms with Gasteiger partial charge in [-0.05, 0) is 23.1 Å². The largest absolute Gasteiger partial charge is 0.388 e. The van der Waals surface area contributed by atoms with Crippen molar-refractivity contribution >= 4 is 12.0 Å². The monoisotopic (exact) mass is 247 g/mol. The Hall–Kier alpha value is -1.65. The van der Waals surface area contributed by atoms with Crippen LogP contribution in [0.25, 0.3) is 6.08 Å². The van der Waals surface area contributed by atoms with Crippen molar-refractivity contribution in [1.29, 1.82) is 0 Å². The van der Waals surface area contributed by atoms with Crippen molar-refractivity contribution in [1.82, 2.24) is 5.32 Å². The van der Waals surface area contributed by atoms with Gasteiger partial charge in [-0.15, -0.1) is 0 Å². The summed E-state index contributed by atoms with van der Waals surface area (Å²) >= 11 is 0. The van der Waals surface area contributed by atoms with Crippen molar-refractivity contribution in [3.63, 3.8) is 0 Å². The fourth-order valence-electron chi connectivity index (χ4n) is 2.16. The molecule has 0 radical (unpaired) electrons. The Kier molecular flexibility index (Phi) is 3.79. The third kappa shape index (κ3) is 2.60. The van der Waals surface area contributed by atoms with Gasteiger partial charge in [-0.2, -0.15) is 0 Å². The Morgan fingerprint density at radius 1 is 1.44 bits per heavy atom. The van der Waals surface area contributed by atoms with E-state index in [0.717, 1.165) is 23.1 Å². The lowest BCUT2D eigenvalue weighted by Gasteiger charge is -2.20. The Morgan fingerprint density at radius 3 is 2.94 bits per heavy atom. The molecule has 0 saturated heterocycles. The molecule has 1 aromatic rings. The molecule has 2 unspecified atom stereocenters. The molecule has 18 heavy (non-hydrogen) atoms. The van der Waals surface area contributed by atoms with Gasteiger partial charge in [-0.3, -0.25) is 4.79 Å². The molecule has 4 heteroatoms. The van der Waals surface area contributed by atoms with Crippen LogP contribution in [0.1, 0.15) is 29.7 Å². The van der Waals surface area contributed by atoms with E-state index in [1.807, 2.05) is 30.4 Å². The first kappa shape index (κ1) is 12.8. The minimum absolute atomic E-state index is 0.0492. The molecule has 1 amide bonds. The van der Waals surface area contributed by atoms with Crippen molar-refractivity contribution in [2.45, 2.75) is 25.6 Å². The summed E-state index contributed by atoms with van der Waals surface area (Å²) < 4.78 is 0. The van der Waals surface area contributed by atoms with E-state index in [4.69, 9.17) is 0 Å². The van der Waals surface area contributed by atoms with Gasteiger partial charge in [0.25, 0.3) is 0 Å². The topological polar surface area (TPSA) is 69.6 Å². The van der Waals surface area contributed by atoms with Crippen LogP contribution in [0.2, 0.25) is 0 Å². The van der Waals surface area contributed by atoms with Crippen LogP contribution in [-0.2, 0) is 11.2 Å². The van der Waals surface area contributed by atoms with Crippen LogP contribution in [0.15, 0.2) is 24.3 Å². The maximum absolute atomic E-state index is 10.8. The number of rotatable bonds is 4. The van der Waals surface area contributed by atoms with Gasteiger partial charge in [-0.25, -0.2) is 0 Å². The van der Waals surface area contributed by atoms with Gasteiger partial charge in [0.05, 0.1) is 0 Å². The first-order chi connectivity index (χ1) is 8.59. The average Bonchev–Trinajstić information content (AvgIpc) is 2.82. The standard InChI is InChI=1S/C14H17NO3/c1-9(16)15-8-13(17)14(18)12-7-3-5-10-4-2-6-11(10)12/h2-5,7,13-14,17-18H,6,8H2,1H3,(H,15,16). The molecule has 0 heterocycles. The van der Waals surface area contributed by atoms with Crippen molar-refractivity contribution in [2.24, 2.45) is 0 Å². The zero-order chi connectivity index (χ0) is 13.1. The smallest absolute Gasteiger partial charge is 0.216 e. The zero-order valence-electron chi connectivity index (χ0n) is 10.3. The fraction of sp³-hybridized carbons (Fsp3) is 0.357. The SMILES string of the molecule is CC(=O)NCC(O)C(O)c1cccc2c1CC=C2. The lowest BCUT2D eigenvalue weighted by molar-refractivity contribution is -0.119. The Morgan fingerprint density at radius 2 is 2.22 bits per heavy atom. The first-order valence-corrected chi connectivity index (χ1v) is 5.98. The highest BCUT2D eigenvalue weighted by atomic mass is 16.3. The molecule has 1 aromatic carbocycles. The first-order valence-electron chi connectivity index (χ1n) is 5.98. The molecule has 4 nitrogen and oxygen atoms in total. The van der Waals surface area contributed by atoms with Crippen molar-refractivity contribution in [2.75, 3.05) is 6.54 Å². The third-order valence-electron chi connectivity index (χ3n) is 3.11. The molecule has 3 N–H and O–H groups in total. The van der Waals surface area contributed by atoms with E-state index in [1.54, 1.807) is 0 Å². The molecular formula is C14H17NO3. The normalized spacial score (nSPS) is 16.2. The van der Waals surface area contributed by atoms with Gasteiger partial charge in [0, 0.05) is 13.5 Å². The molecule has 0 aromatic heterocycles. The number of hydrogen-bond acceptors (Lipinski definition) is 3. The summed E-state index contributed by atoms with van der Waals surface area (Å²) in [6.07, 6.45) is 2.83. The summed E-state index contributed by atoms with van der Waals surface area (Å²) in [6, 6.07) is 5.65. The number of hydrogen-bond donors (Lipinski definition) is 3. The predicted octanol–water partition coefficient (Wildman–Crippen LogP) is 0.786. The Balaban J connectivity index is 2.12. The Bertz CT molecular complexity index is 482. The second-order valence-corrected chi connectivity index (χ2v) is 4.47. The molecule has 0 fully saturated rings. The molecule has 1 aliphatic carbocycles. The minimum atomic E-state index is -0.999. The van der Waals surface area contributed by atoms with Crippen LogP contribution in [0.5, 0.6) is 0 Å². The summed E-state index contributed by atoms with van der Waals surface area (Å²) in [6.45, 7) is 1.43. The van der Waals surface area contributed by atoms with Crippen LogP contribution >= 0.6 is 0 Å². The maximum Gasteiger partial charge on any atom is 0.216 e. The van der Waals surface area contributed by atoms with E-state index >= 15 is 0 Å². The van der Waals surface area contributed by atoms with Gasteiger partial charge in [0.1, 0.15) is 12.2 Å². The lowest BCUT2D eigenvalue weighted by atomic mass is 9.95. The molecule has 0 bridgehead atoms. The van der Waals surface area contributed by atoms with Crippen LogP contribution < -0.4 is 5.32 Å². The van der Waals surface area contributed by atoms with Gasteiger partial charge in [0.15, 0.2) is 0 Å². The van der Waals surface area contributed by atoms with Crippen molar-refractivity contribution in [3.05, 3.63) is 41.0 Å². The summed E-state index contributed by atoms with van der Waals surface area (Å²) in [7, 11) is 0. The molecule has 0 aliphatic heterocycles. The lowest BCUT2D eigenvalue weighted by Crippen LogP contribution is -2.34. The fourth-order valence-corrected chi connectivity index (χ4v) is 2.16. The van der Waals surface area contributed by atoms with E-state index in [0.29, 0.717) is 0 Å². The Labute approximate surface area is 106 Å². The number of fused-ring (bicyclic) bond motifs is 1. The van der Waals surface area contributed by atoms with E-state index in [1.165, 1.54) is 6.92 Å². The number of benzene rings is 1. The molecule has 0 saturated carbocycles. The molecule has 2 atom stereocenters. The summed E-state index contributed by atoms with van der Waals surface area (Å²) in [5, 5.41) is 22.5. The highest BCUT2D eigenvalue weighted by molar-refractivity contribution is 5.72. The van der Waals surface area contributed by atoms with Gasteiger partial charge in [0.2, 0.25) is 5.91 Å². The molecule has 0 spiro atoms. The average molecular weight is 247 g/mol. The molecule has 96 valence electrons. The minimum Gasteiger partial charge on any atom is -0.388 e. The maximum atomic E-state index is 10.8. The number of allylic oxidation sites excluding steroid dienone is 1.